The molecule has 0 bridgehead atoms. The first-order chi connectivity index (χ1) is 8.61. The number of nitrogens with zero attached hydrogens (tertiary/aromatic N) is 2. The van der Waals surface area contributed by atoms with Gasteiger partial charge in [0.05, 0.1) is 18.4 Å². The fourth-order valence-electron chi connectivity index (χ4n) is 1.59. The minimum atomic E-state index is -0.362. The smallest absolute Gasteiger partial charge is 0.337 e. The lowest BCUT2D eigenvalue weighted by atomic mass is 10.1. The van der Waals surface area contributed by atoms with Crippen molar-refractivity contribution in [2.24, 2.45) is 0 Å². The van der Waals surface area contributed by atoms with Gasteiger partial charge in [-0.05, 0) is 36.2 Å². The van der Waals surface area contributed by atoms with Crippen LogP contribution in [0.1, 0.15) is 15.9 Å². The predicted molar refractivity (Wildman–Crippen MR) is 68.6 cm³/mol. The number of carbonyl (C=O) groups excluding carboxylic acids is 1. The minimum Gasteiger partial charge on any atom is -0.465 e. The lowest BCUT2D eigenvalue weighted by Crippen LogP contribution is -2.00. The summed E-state index contributed by atoms with van der Waals surface area (Å²) in [4.78, 5) is 19.4. The van der Waals surface area contributed by atoms with Crippen LogP contribution < -0.4 is 0 Å². The second-order valence-corrected chi connectivity index (χ2v) is 4.08. The van der Waals surface area contributed by atoms with Gasteiger partial charge in [0.15, 0.2) is 0 Å². The summed E-state index contributed by atoms with van der Waals surface area (Å²) in [5.41, 5.74) is 3.06. The summed E-state index contributed by atoms with van der Waals surface area (Å²) in [6, 6.07) is 6.99. The fraction of sp³-hybridized carbons (Fsp3) is 0.154. The Balaban J connectivity index is 2.40. The average molecular weight is 263 g/mol. The Morgan fingerprint density at radius 3 is 2.56 bits per heavy atom. The lowest BCUT2D eigenvalue weighted by Gasteiger charge is -2.05. The minimum absolute atomic E-state index is 0.202. The highest BCUT2D eigenvalue weighted by Gasteiger charge is 2.08. The van der Waals surface area contributed by atoms with Gasteiger partial charge in [-0.3, -0.25) is 0 Å². The van der Waals surface area contributed by atoms with Crippen LogP contribution in [0.25, 0.3) is 11.3 Å². The van der Waals surface area contributed by atoms with Gasteiger partial charge in [-0.1, -0.05) is 12.1 Å². The number of aromatic nitrogens is 2. The van der Waals surface area contributed by atoms with Crippen LogP contribution in [0.3, 0.4) is 0 Å². The van der Waals surface area contributed by atoms with E-state index < -0.39 is 0 Å². The highest BCUT2D eigenvalue weighted by molar-refractivity contribution is 6.28. The summed E-state index contributed by atoms with van der Waals surface area (Å²) >= 11 is 5.77. The number of methoxy groups -OCH3 is 1. The van der Waals surface area contributed by atoms with Crippen LogP contribution in [-0.2, 0) is 4.74 Å². The van der Waals surface area contributed by atoms with E-state index in [4.69, 9.17) is 11.6 Å². The molecule has 0 aliphatic rings. The van der Waals surface area contributed by atoms with E-state index in [1.54, 1.807) is 30.5 Å². The van der Waals surface area contributed by atoms with Crippen molar-refractivity contribution in [3.8, 4) is 11.3 Å². The first-order valence-electron chi connectivity index (χ1n) is 5.29. The van der Waals surface area contributed by atoms with Crippen molar-refractivity contribution < 1.29 is 9.53 Å². The van der Waals surface area contributed by atoms with Gasteiger partial charge >= 0.3 is 5.97 Å². The zero-order valence-electron chi connectivity index (χ0n) is 9.98. The predicted octanol–water partition coefficient (Wildman–Crippen LogP) is 2.89. The van der Waals surface area contributed by atoms with E-state index in [1.807, 2.05) is 6.92 Å². The normalized spacial score (nSPS) is 10.2. The van der Waals surface area contributed by atoms with Gasteiger partial charge in [-0.25, -0.2) is 14.8 Å². The highest BCUT2D eigenvalue weighted by Crippen LogP contribution is 2.22. The molecule has 5 heteroatoms. The summed E-state index contributed by atoms with van der Waals surface area (Å²) < 4.78 is 4.64. The van der Waals surface area contributed by atoms with Gasteiger partial charge in [-0.2, -0.15) is 0 Å². The highest BCUT2D eigenvalue weighted by atomic mass is 35.5. The topological polar surface area (TPSA) is 52.1 Å². The first-order valence-corrected chi connectivity index (χ1v) is 5.67. The Bertz CT molecular complexity index is 582. The van der Waals surface area contributed by atoms with E-state index in [9.17, 15) is 4.79 Å². The van der Waals surface area contributed by atoms with Crippen LogP contribution in [0, 0.1) is 6.92 Å². The van der Waals surface area contributed by atoms with Crippen molar-refractivity contribution in [1.29, 1.82) is 0 Å². The number of ether oxygens (including phenoxy) is 1. The number of aryl methyl sites for hydroxylation is 1. The van der Waals surface area contributed by atoms with E-state index >= 15 is 0 Å². The Kier molecular flexibility index (Phi) is 3.58. The summed E-state index contributed by atoms with van der Waals surface area (Å²) in [5.74, 6) is -0.362. The van der Waals surface area contributed by atoms with E-state index in [1.165, 1.54) is 7.11 Å². The van der Waals surface area contributed by atoms with Crippen molar-refractivity contribution >= 4 is 17.6 Å². The van der Waals surface area contributed by atoms with Gasteiger partial charge in [0.25, 0.3) is 0 Å². The van der Waals surface area contributed by atoms with Crippen molar-refractivity contribution in [2.75, 3.05) is 7.11 Å². The van der Waals surface area contributed by atoms with Gasteiger partial charge in [0.2, 0.25) is 5.28 Å². The fourth-order valence-corrected chi connectivity index (χ4v) is 1.73. The molecule has 0 saturated carbocycles. The van der Waals surface area contributed by atoms with Crippen LogP contribution >= 0.6 is 11.6 Å². The van der Waals surface area contributed by atoms with Gasteiger partial charge in [-0.15, -0.1) is 0 Å². The Morgan fingerprint density at radius 1 is 1.28 bits per heavy atom. The zero-order chi connectivity index (χ0) is 13.1. The summed E-state index contributed by atoms with van der Waals surface area (Å²) in [5, 5.41) is 0.202. The molecular weight excluding hydrogens is 252 g/mol. The third-order valence-electron chi connectivity index (χ3n) is 2.52. The zero-order valence-corrected chi connectivity index (χ0v) is 10.7. The Morgan fingerprint density at radius 2 is 1.94 bits per heavy atom. The van der Waals surface area contributed by atoms with Crippen molar-refractivity contribution in [3.05, 3.63) is 46.9 Å². The molecule has 18 heavy (non-hydrogen) atoms. The van der Waals surface area contributed by atoms with E-state index in [0.717, 1.165) is 16.8 Å². The maximum Gasteiger partial charge on any atom is 0.337 e. The van der Waals surface area contributed by atoms with Crippen LogP contribution in [-0.4, -0.2) is 23.0 Å². The van der Waals surface area contributed by atoms with Gasteiger partial charge in [0.1, 0.15) is 0 Å². The molecule has 1 aromatic heterocycles. The van der Waals surface area contributed by atoms with Crippen LogP contribution in [0.15, 0.2) is 30.5 Å². The summed E-state index contributed by atoms with van der Waals surface area (Å²) in [6.45, 7) is 1.90. The lowest BCUT2D eigenvalue weighted by molar-refractivity contribution is 0.0601. The Hall–Kier alpha value is -1.94. The SMILES string of the molecule is COC(=O)c1ccc(-c2nc(Cl)ncc2C)cc1. The molecule has 0 spiro atoms. The molecule has 0 saturated heterocycles. The van der Waals surface area contributed by atoms with Gasteiger partial charge in [0, 0.05) is 11.8 Å². The molecular formula is C13H11ClN2O2. The molecule has 2 aromatic rings. The summed E-state index contributed by atoms with van der Waals surface area (Å²) in [6.07, 6.45) is 1.67. The third-order valence-corrected chi connectivity index (χ3v) is 2.70. The standard InChI is InChI=1S/C13H11ClN2O2/c1-8-7-15-13(14)16-11(8)9-3-5-10(6-4-9)12(17)18-2/h3-7H,1-2H3. The molecule has 2 rings (SSSR count). The second kappa shape index (κ2) is 5.14. The molecule has 0 N–H and O–H groups in total. The largest absolute Gasteiger partial charge is 0.465 e. The second-order valence-electron chi connectivity index (χ2n) is 3.74. The number of hydrogen-bond acceptors (Lipinski definition) is 4. The number of carbonyl (C=O) groups is 1. The first kappa shape index (κ1) is 12.5. The monoisotopic (exact) mass is 262 g/mol. The molecule has 0 unspecified atom stereocenters. The van der Waals surface area contributed by atoms with E-state index in [-0.39, 0.29) is 11.3 Å². The molecule has 1 heterocycles. The maximum atomic E-state index is 11.3. The molecule has 0 amide bonds. The quantitative estimate of drug-likeness (QED) is 0.617. The molecule has 0 aliphatic carbocycles. The molecule has 1 aromatic carbocycles. The molecule has 92 valence electrons. The van der Waals surface area contributed by atoms with E-state index in [0.29, 0.717) is 5.56 Å². The molecule has 4 nitrogen and oxygen atoms in total. The number of halogens is 1. The third kappa shape index (κ3) is 2.49. The number of benzene rings is 1. The maximum absolute atomic E-state index is 11.3. The Labute approximate surface area is 110 Å². The van der Waals surface area contributed by atoms with Crippen LogP contribution in [0.5, 0.6) is 0 Å². The summed E-state index contributed by atoms with van der Waals surface area (Å²) in [7, 11) is 1.35. The molecule has 0 radical (unpaired) electrons. The molecule has 0 fully saturated rings. The van der Waals surface area contributed by atoms with Gasteiger partial charge < -0.3 is 4.74 Å². The van der Waals surface area contributed by atoms with Crippen molar-refractivity contribution in [1.82, 2.24) is 9.97 Å². The number of esters is 1. The average Bonchev–Trinajstić information content (AvgIpc) is 2.41. The number of rotatable bonds is 2. The number of hydrogen-bond donors (Lipinski definition) is 0. The van der Waals surface area contributed by atoms with Crippen molar-refractivity contribution in [3.63, 3.8) is 0 Å². The molecule has 0 aliphatic heterocycles. The van der Waals surface area contributed by atoms with Crippen molar-refractivity contribution in [2.45, 2.75) is 6.92 Å². The molecule has 0 atom stereocenters. The van der Waals surface area contributed by atoms with Crippen LogP contribution in [0.4, 0.5) is 0 Å². The van der Waals surface area contributed by atoms with E-state index in [2.05, 4.69) is 14.7 Å². The van der Waals surface area contributed by atoms with Crippen LogP contribution in [0.2, 0.25) is 5.28 Å².